The Labute approximate surface area is 150 Å². The maximum Gasteiger partial charge on any atom is 0.259 e. The van der Waals surface area contributed by atoms with Crippen molar-refractivity contribution in [2.45, 2.75) is 32.6 Å². The highest BCUT2D eigenvalue weighted by Crippen LogP contribution is 2.19. The van der Waals surface area contributed by atoms with E-state index in [2.05, 4.69) is 15.1 Å². The Hall–Kier alpha value is -2.96. The van der Waals surface area contributed by atoms with Crippen LogP contribution in [0.2, 0.25) is 0 Å². The molecule has 2 aromatic heterocycles. The molecule has 26 heavy (non-hydrogen) atoms. The summed E-state index contributed by atoms with van der Waals surface area (Å²) in [7, 11) is 0. The Morgan fingerprint density at radius 3 is 2.88 bits per heavy atom. The predicted octanol–water partition coefficient (Wildman–Crippen LogP) is 2.44. The van der Waals surface area contributed by atoms with Crippen molar-refractivity contribution in [3.05, 3.63) is 46.1 Å². The summed E-state index contributed by atoms with van der Waals surface area (Å²) in [5, 5.41) is 4.82. The molecule has 134 valence electrons. The van der Waals surface area contributed by atoms with Crippen molar-refractivity contribution < 1.29 is 9.32 Å². The van der Waals surface area contributed by atoms with Crippen molar-refractivity contribution in [2.24, 2.45) is 0 Å². The molecule has 1 N–H and O–H groups in total. The smallest absolute Gasteiger partial charge is 0.259 e. The van der Waals surface area contributed by atoms with Crippen LogP contribution in [-0.2, 0) is 11.2 Å². The van der Waals surface area contributed by atoms with Gasteiger partial charge in [-0.3, -0.25) is 9.59 Å². The Morgan fingerprint density at radius 2 is 2.08 bits per heavy atom. The number of pyridine rings is 1. The molecule has 3 heterocycles. The summed E-state index contributed by atoms with van der Waals surface area (Å²) in [5.41, 5.74) is 1.95. The monoisotopic (exact) mass is 352 g/mol. The van der Waals surface area contributed by atoms with Crippen LogP contribution in [0.1, 0.15) is 30.7 Å². The van der Waals surface area contributed by atoms with Gasteiger partial charge in [-0.25, -0.2) is 0 Å². The molecule has 1 aliphatic rings. The Morgan fingerprint density at radius 1 is 1.27 bits per heavy atom. The zero-order valence-electron chi connectivity index (χ0n) is 14.6. The molecule has 0 unspecified atom stereocenters. The summed E-state index contributed by atoms with van der Waals surface area (Å²) < 4.78 is 5.23. The number of likely N-dealkylation sites (tertiary alicyclic amines) is 1. The molecule has 7 heteroatoms. The van der Waals surface area contributed by atoms with E-state index < -0.39 is 0 Å². The lowest BCUT2D eigenvalue weighted by molar-refractivity contribution is -0.130. The third kappa shape index (κ3) is 3.24. The van der Waals surface area contributed by atoms with Gasteiger partial charge in [0.15, 0.2) is 0 Å². The lowest BCUT2D eigenvalue weighted by atomic mass is 10.1. The third-order valence-electron chi connectivity index (χ3n) is 4.72. The molecule has 1 aliphatic heterocycles. The molecule has 7 nitrogen and oxygen atoms in total. The maximum absolute atomic E-state index is 12.4. The summed E-state index contributed by atoms with van der Waals surface area (Å²) in [6.45, 7) is 3.64. The average molecular weight is 352 g/mol. The number of nitrogens with one attached hydrogen (secondary N) is 1. The first-order valence-electron chi connectivity index (χ1n) is 8.84. The van der Waals surface area contributed by atoms with E-state index in [9.17, 15) is 9.59 Å². The van der Waals surface area contributed by atoms with Gasteiger partial charge in [-0.1, -0.05) is 17.3 Å². The molecule has 1 fully saturated rings. The van der Waals surface area contributed by atoms with Gasteiger partial charge in [-0.2, -0.15) is 4.98 Å². The standard InChI is InChI=1S/C19H20N4O3/c1-12-4-5-13-11-14(19(25)20-15(13)10-12)18-21-16(26-22-18)6-7-17(24)23-8-2-3-9-23/h4-5,10-11H,2-3,6-9H2,1H3,(H,20,25). The second-order valence-corrected chi connectivity index (χ2v) is 6.70. The zero-order chi connectivity index (χ0) is 18.1. The maximum atomic E-state index is 12.4. The molecule has 1 saturated heterocycles. The van der Waals surface area contributed by atoms with Crippen molar-refractivity contribution in [1.82, 2.24) is 20.0 Å². The van der Waals surface area contributed by atoms with Gasteiger partial charge in [-0.05, 0) is 42.8 Å². The first-order valence-corrected chi connectivity index (χ1v) is 8.84. The minimum atomic E-state index is -0.261. The minimum Gasteiger partial charge on any atom is -0.343 e. The summed E-state index contributed by atoms with van der Waals surface area (Å²) in [6, 6.07) is 7.61. The highest BCUT2D eigenvalue weighted by molar-refractivity contribution is 5.82. The van der Waals surface area contributed by atoms with E-state index >= 15 is 0 Å². The molecule has 4 rings (SSSR count). The van der Waals surface area contributed by atoms with Gasteiger partial charge in [0.05, 0.1) is 5.56 Å². The number of hydrogen-bond donors (Lipinski definition) is 1. The second-order valence-electron chi connectivity index (χ2n) is 6.70. The van der Waals surface area contributed by atoms with Crippen LogP contribution in [0.3, 0.4) is 0 Å². The lowest BCUT2D eigenvalue weighted by Crippen LogP contribution is -2.27. The molecule has 0 aliphatic carbocycles. The Kier molecular flexibility index (Phi) is 4.28. The Bertz CT molecular complexity index is 1020. The predicted molar refractivity (Wildman–Crippen MR) is 96.7 cm³/mol. The van der Waals surface area contributed by atoms with Crippen LogP contribution in [0.5, 0.6) is 0 Å². The summed E-state index contributed by atoms with van der Waals surface area (Å²) in [5.74, 6) is 0.731. The normalized spacial score (nSPS) is 14.3. The number of carbonyl (C=O) groups excluding carboxylic acids is 1. The molecule has 1 amide bonds. The molecular weight excluding hydrogens is 332 g/mol. The van der Waals surface area contributed by atoms with Gasteiger partial charge in [0.25, 0.3) is 5.56 Å². The summed E-state index contributed by atoms with van der Waals surface area (Å²) in [4.78, 5) is 33.5. The molecule has 0 radical (unpaired) electrons. The van der Waals surface area contributed by atoms with Crippen LogP contribution in [-0.4, -0.2) is 39.0 Å². The van der Waals surface area contributed by atoms with Crippen LogP contribution in [0.25, 0.3) is 22.3 Å². The van der Waals surface area contributed by atoms with Gasteiger partial charge in [0.2, 0.25) is 17.6 Å². The highest BCUT2D eigenvalue weighted by atomic mass is 16.5. The number of aromatic amines is 1. The largest absolute Gasteiger partial charge is 0.343 e. The summed E-state index contributed by atoms with van der Waals surface area (Å²) in [6.07, 6.45) is 2.86. The van der Waals surface area contributed by atoms with Gasteiger partial charge >= 0.3 is 0 Å². The highest BCUT2D eigenvalue weighted by Gasteiger charge is 2.19. The zero-order valence-corrected chi connectivity index (χ0v) is 14.6. The number of aromatic nitrogens is 3. The van der Waals surface area contributed by atoms with Crippen molar-refractivity contribution in [3.8, 4) is 11.4 Å². The number of carbonyl (C=O) groups is 1. The topological polar surface area (TPSA) is 92.1 Å². The fourth-order valence-corrected chi connectivity index (χ4v) is 3.29. The van der Waals surface area contributed by atoms with Crippen LogP contribution in [0, 0.1) is 6.92 Å². The number of aryl methyl sites for hydroxylation is 2. The van der Waals surface area contributed by atoms with E-state index in [1.807, 2.05) is 30.0 Å². The van der Waals surface area contributed by atoms with E-state index in [0.29, 0.717) is 24.3 Å². The Balaban J connectivity index is 1.53. The molecule has 0 atom stereocenters. The van der Waals surface area contributed by atoms with E-state index in [1.54, 1.807) is 6.07 Å². The molecule has 0 bridgehead atoms. The molecule has 1 aromatic carbocycles. The SMILES string of the molecule is Cc1ccc2cc(-c3noc(CCC(=O)N4CCCC4)n3)c(=O)[nH]c2c1. The van der Waals surface area contributed by atoms with Crippen LogP contribution in [0.4, 0.5) is 0 Å². The number of benzene rings is 1. The molecule has 3 aromatic rings. The van der Waals surface area contributed by atoms with Crippen molar-refractivity contribution in [3.63, 3.8) is 0 Å². The number of fused-ring (bicyclic) bond motifs is 1. The number of amides is 1. The number of rotatable bonds is 4. The number of nitrogens with zero attached hydrogens (tertiary/aromatic N) is 3. The van der Waals surface area contributed by atoms with E-state index in [0.717, 1.165) is 42.4 Å². The van der Waals surface area contributed by atoms with Crippen LogP contribution >= 0.6 is 0 Å². The summed E-state index contributed by atoms with van der Waals surface area (Å²) >= 11 is 0. The fourth-order valence-electron chi connectivity index (χ4n) is 3.29. The van der Waals surface area contributed by atoms with Crippen molar-refractivity contribution >= 4 is 16.8 Å². The van der Waals surface area contributed by atoms with Gasteiger partial charge < -0.3 is 14.4 Å². The lowest BCUT2D eigenvalue weighted by Gasteiger charge is -2.13. The molecule has 0 saturated carbocycles. The number of hydrogen-bond acceptors (Lipinski definition) is 5. The number of H-pyrrole nitrogens is 1. The quantitative estimate of drug-likeness (QED) is 0.778. The van der Waals surface area contributed by atoms with Gasteiger partial charge in [0, 0.05) is 31.4 Å². The van der Waals surface area contributed by atoms with E-state index in [1.165, 1.54) is 0 Å². The van der Waals surface area contributed by atoms with Crippen molar-refractivity contribution in [2.75, 3.05) is 13.1 Å². The third-order valence-corrected chi connectivity index (χ3v) is 4.72. The average Bonchev–Trinajstić information content (AvgIpc) is 3.31. The minimum absolute atomic E-state index is 0.112. The van der Waals surface area contributed by atoms with Gasteiger partial charge in [-0.15, -0.1) is 0 Å². The van der Waals surface area contributed by atoms with E-state index in [-0.39, 0.29) is 17.3 Å². The van der Waals surface area contributed by atoms with Crippen molar-refractivity contribution in [1.29, 1.82) is 0 Å². The fraction of sp³-hybridized carbons (Fsp3) is 0.368. The van der Waals surface area contributed by atoms with Crippen LogP contribution < -0.4 is 5.56 Å². The first kappa shape index (κ1) is 16.5. The van der Waals surface area contributed by atoms with Gasteiger partial charge in [0.1, 0.15) is 0 Å². The first-order chi connectivity index (χ1) is 12.6. The second kappa shape index (κ2) is 6.74. The molecular formula is C19H20N4O3. The molecule has 0 spiro atoms. The van der Waals surface area contributed by atoms with Crippen LogP contribution in [0.15, 0.2) is 33.6 Å². The van der Waals surface area contributed by atoms with E-state index in [4.69, 9.17) is 4.52 Å².